The second-order valence-corrected chi connectivity index (χ2v) is 5.67. The molecule has 0 fully saturated rings. The third-order valence-electron chi connectivity index (χ3n) is 2.28. The molecule has 0 aromatic heterocycles. The lowest BCUT2D eigenvalue weighted by Gasteiger charge is -2.11. The van der Waals surface area contributed by atoms with Gasteiger partial charge in [0.25, 0.3) is 5.69 Å². The zero-order valence-electron chi connectivity index (χ0n) is 9.83. The molecule has 7 nitrogen and oxygen atoms in total. The summed E-state index contributed by atoms with van der Waals surface area (Å²) in [4.78, 5) is 9.54. The van der Waals surface area contributed by atoms with E-state index in [0.717, 1.165) is 18.2 Å². The Labute approximate surface area is 115 Å². The Morgan fingerprint density at radius 1 is 1.58 bits per heavy atom. The van der Waals surface area contributed by atoms with Crippen LogP contribution in [0.5, 0.6) is 0 Å². The van der Waals surface area contributed by atoms with E-state index < -0.39 is 21.0 Å². The van der Waals surface area contributed by atoms with Gasteiger partial charge in [0.2, 0.25) is 10.0 Å². The van der Waals surface area contributed by atoms with Gasteiger partial charge in [0, 0.05) is 12.1 Å². The molecule has 1 unspecified atom stereocenters. The largest absolute Gasteiger partial charge is 0.271 e. The monoisotopic (exact) mass is 303 g/mol. The van der Waals surface area contributed by atoms with Crippen molar-refractivity contribution in [3.63, 3.8) is 0 Å². The molecule has 0 saturated heterocycles. The first-order valence-electron chi connectivity index (χ1n) is 5.17. The minimum absolute atomic E-state index is 0.269. The third kappa shape index (κ3) is 3.64. The zero-order chi connectivity index (χ0) is 14.6. The van der Waals surface area contributed by atoms with Crippen LogP contribution in [0.2, 0.25) is 5.02 Å². The molecule has 0 radical (unpaired) electrons. The van der Waals surface area contributed by atoms with Crippen molar-refractivity contribution < 1.29 is 13.3 Å². The minimum atomic E-state index is -3.98. The summed E-state index contributed by atoms with van der Waals surface area (Å²) in [5, 5.41) is 19.0. The number of halogens is 1. The van der Waals surface area contributed by atoms with E-state index in [0.29, 0.717) is 6.42 Å². The Morgan fingerprint density at radius 2 is 2.21 bits per heavy atom. The van der Waals surface area contributed by atoms with E-state index in [2.05, 4.69) is 4.72 Å². The number of nitro groups is 1. The molecule has 1 rings (SSSR count). The fourth-order valence-electron chi connectivity index (χ4n) is 1.27. The highest BCUT2D eigenvalue weighted by Gasteiger charge is 2.23. The van der Waals surface area contributed by atoms with Gasteiger partial charge in [0.1, 0.15) is 10.9 Å². The number of sulfonamides is 1. The van der Waals surface area contributed by atoms with Gasteiger partial charge < -0.3 is 0 Å². The van der Waals surface area contributed by atoms with Gasteiger partial charge in [-0.05, 0) is 12.5 Å². The first kappa shape index (κ1) is 15.4. The first-order valence-corrected chi connectivity index (χ1v) is 7.03. The number of hydrogen-bond acceptors (Lipinski definition) is 5. The van der Waals surface area contributed by atoms with E-state index in [9.17, 15) is 18.5 Å². The molecule has 0 aliphatic rings. The van der Waals surface area contributed by atoms with Crippen LogP contribution in [0.3, 0.4) is 0 Å². The summed E-state index contributed by atoms with van der Waals surface area (Å²) in [6.07, 6.45) is 0.292. The molecule has 19 heavy (non-hydrogen) atoms. The number of hydrogen-bond donors (Lipinski definition) is 1. The number of nitriles is 1. The van der Waals surface area contributed by atoms with E-state index >= 15 is 0 Å². The van der Waals surface area contributed by atoms with Crippen molar-refractivity contribution in [1.29, 1.82) is 5.26 Å². The smallest absolute Gasteiger partial charge is 0.258 e. The van der Waals surface area contributed by atoms with Crippen molar-refractivity contribution >= 4 is 27.3 Å². The van der Waals surface area contributed by atoms with Gasteiger partial charge in [-0.25, -0.2) is 8.42 Å². The lowest BCUT2D eigenvalue weighted by Crippen LogP contribution is -2.33. The Hall–Kier alpha value is -1.69. The molecular formula is C10H10ClN3O4S. The lowest BCUT2D eigenvalue weighted by molar-refractivity contribution is -0.384. The molecule has 0 saturated carbocycles. The number of nitrogens with zero attached hydrogens (tertiary/aromatic N) is 2. The van der Waals surface area contributed by atoms with E-state index in [1.54, 1.807) is 13.0 Å². The molecular weight excluding hydrogens is 294 g/mol. The molecule has 1 aromatic rings. The van der Waals surface area contributed by atoms with Crippen LogP contribution in [0.25, 0.3) is 0 Å². The molecule has 102 valence electrons. The number of benzene rings is 1. The van der Waals surface area contributed by atoms with E-state index in [1.165, 1.54) is 0 Å². The van der Waals surface area contributed by atoms with Gasteiger partial charge in [0.15, 0.2) is 0 Å². The fourth-order valence-corrected chi connectivity index (χ4v) is 3.04. The SMILES string of the molecule is CCC(C#N)NS(=O)(=O)c1ccc([N+](=O)[O-])cc1Cl. The zero-order valence-corrected chi connectivity index (χ0v) is 11.4. The van der Waals surface area contributed by atoms with E-state index in [-0.39, 0.29) is 15.6 Å². The predicted octanol–water partition coefficient (Wildman–Crippen LogP) is 1.83. The molecule has 0 aliphatic carbocycles. The summed E-state index contributed by atoms with van der Waals surface area (Å²) in [7, 11) is -3.98. The van der Waals surface area contributed by atoms with Crippen molar-refractivity contribution in [3.8, 4) is 6.07 Å². The van der Waals surface area contributed by atoms with Crippen molar-refractivity contribution in [2.45, 2.75) is 24.3 Å². The minimum Gasteiger partial charge on any atom is -0.258 e. The molecule has 0 bridgehead atoms. The first-order chi connectivity index (χ1) is 8.81. The molecule has 0 aliphatic heterocycles. The molecule has 1 aromatic carbocycles. The highest BCUT2D eigenvalue weighted by Crippen LogP contribution is 2.26. The van der Waals surface area contributed by atoms with Gasteiger partial charge in [-0.3, -0.25) is 10.1 Å². The Bertz CT molecular complexity index is 639. The average Bonchev–Trinajstić information content (AvgIpc) is 2.35. The number of non-ortho nitro benzene ring substituents is 1. The topological polar surface area (TPSA) is 113 Å². The summed E-state index contributed by atoms with van der Waals surface area (Å²) in [6, 6.07) is 3.92. The van der Waals surface area contributed by atoms with Crippen molar-refractivity contribution in [1.82, 2.24) is 4.72 Å². The van der Waals surface area contributed by atoms with Crippen LogP contribution in [-0.4, -0.2) is 19.4 Å². The Balaban J connectivity index is 3.16. The second kappa shape index (κ2) is 5.97. The van der Waals surface area contributed by atoms with Gasteiger partial charge >= 0.3 is 0 Å². The highest BCUT2D eigenvalue weighted by atomic mass is 35.5. The van der Waals surface area contributed by atoms with Gasteiger partial charge in [0.05, 0.1) is 16.0 Å². The van der Waals surface area contributed by atoms with Crippen molar-refractivity contribution in [2.24, 2.45) is 0 Å². The van der Waals surface area contributed by atoms with E-state index in [4.69, 9.17) is 16.9 Å². The quantitative estimate of drug-likeness (QED) is 0.658. The van der Waals surface area contributed by atoms with Crippen LogP contribution in [0, 0.1) is 21.4 Å². The molecule has 0 amide bonds. The number of rotatable bonds is 5. The standard InChI is InChI=1S/C10H10ClN3O4S/c1-2-7(6-12)13-19(17,18)10-4-3-8(14(15)16)5-9(10)11/h3-5,7,13H,2H2,1H3. The summed E-state index contributed by atoms with van der Waals surface area (Å²) in [6.45, 7) is 1.65. The fraction of sp³-hybridized carbons (Fsp3) is 0.300. The van der Waals surface area contributed by atoms with Crippen LogP contribution in [-0.2, 0) is 10.0 Å². The van der Waals surface area contributed by atoms with Gasteiger partial charge in [-0.1, -0.05) is 18.5 Å². The predicted molar refractivity (Wildman–Crippen MR) is 68.1 cm³/mol. The number of nitrogens with one attached hydrogen (secondary N) is 1. The molecule has 0 spiro atoms. The van der Waals surface area contributed by atoms with Gasteiger partial charge in [-0.15, -0.1) is 0 Å². The third-order valence-corrected chi connectivity index (χ3v) is 4.23. The van der Waals surface area contributed by atoms with E-state index in [1.807, 2.05) is 0 Å². The second-order valence-electron chi connectivity index (χ2n) is 3.58. The van der Waals surface area contributed by atoms with Gasteiger partial charge in [-0.2, -0.15) is 9.98 Å². The van der Waals surface area contributed by atoms with Crippen LogP contribution in [0.15, 0.2) is 23.1 Å². The van der Waals surface area contributed by atoms with Crippen LogP contribution < -0.4 is 4.72 Å². The summed E-state index contributed by atoms with van der Waals surface area (Å²) in [5.41, 5.74) is -0.309. The molecule has 9 heteroatoms. The molecule has 1 atom stereocenters. The Kier molecular flexibility index (Phi) is 4.83. The van der Waals surface area contributed by atoms with Crippen LogP contribution >= 0.6 is 11.6 Å². The summed E-state index contributed by atoms with van der Waals surface area (Å²) in [5.74, 6) is 0. The lowest BCUT2D eigenvalue weighted by atomic mass is 10.3. The maximum Gasteiger partial charge on any atom is 0.271 e. The number of nitro benzene ring substituents is 1. The Morgan fingerprint density at radius 3 is 2.63 bits per heavy atom. The van der Waals surface area contributed by atoms with Crippen LogP contribution in [0.1, 0.15) is 13.3 Å². The van der Waals surface area contributed by atoms with Crippen molar-refractivity contribution in [3.05, 3.63) is 33.3 Å². The molecule has 1 N–H and O–H groups in total. The maximum absolute atomic E-state index is 11.9. The maximum atomic E-state index is 11.9. The van der Waals surface area contributed by atoms with Crippen LogP contribution in [0.4, 0.5) is 5.69 Å². The summed E-state index contributed by atoms with van der Waals surface area (Å²) < 4.78 is 26.0. The normalized spacial score (nSPS) is 12.7. The van der Waals surface area contributed by atoms with Crippen molar-refractivity contribution in [2.75, 3.05) is 0 Å². The molecule has 0 heterocycles. The average molecular weight is 304 g/mol. The highest BCUT2D eigenvalue weighted by molar-refractivity contribution is 7.89. The summed E-state index contributed by atoms with van der Waals surface area (Å²) >= 11 is 5.72.